The molecule has 0 saturated carbocycles. The summed E-state index contributed by atoms with van der Waals surface area (Å²) in [4.78, 5) is 16.2. The average molecular weight is 204 g/mol. The van der Waals surface area contributed by atoms with Crippen molar-refractivity contribution in [3.05, 3.63) is 41.9 Å². The molecule has 0 amide bonds. The molecule has 4 heteroatoms. The maximum atomic E-state index is 11.9. The van der Waals surface area contributed by atoms with Crippen LogP contribution in [0.4, 0.5) is 0 Å². The monoisotopic (exact) mass is 204 g/mol. The lowest BCUT2D eigenvalue weighted by Gasteiger charge is -2.01. The van der Waals surface area contributed by atoms with E-state index in [2.05, 4.69) is 4.98 Å². The largest absolute Gasteiger partial charge is 0.459 e. The predicted octanol–water partition coefficient (Wildman–Crippen LogP) is 2.04. The van der Waals surface area contributed by atoms with Gasteiger partial charge in [-0.15, -0.1) is 0 Å². The summed E-state index contributed by atoms with van der Waals surface area (Å²) in [6, 6.07) is 3.35. The molecule has 0 aliphatic carbocycles. The van der Waals surface area contributed by atoms with Gasteiger partial charge in [0, 0.05) is 12.6 Å². The van der Waals surface area contributed by atoms with E-state index in [1.54, 1.807) is 18.3 Å². The molecular weight excluding hydrogens is 192 g/mol. The second-order valence-electron chi connectivity index (χ2n) is 3.30. The van der Waals surface area contributed by atoms with Crippen LogP contribution in [0.1, 0.15) is 29.0 Å². The minimum absolute atomic E-state index is 0.169. The summed E-state index contributed by atoms with van der Waals surface area (Å²) in [5.74, 6) is 0.924. The average Bonchev–Trinajstić information content (AvgIpc) is 2.84. The van der Waals surface area contributed by atoms with Gasteiger partial charge in [-0.05, 0) is 19.1 Å². The first-order chi connectivity index (χ1) is 7.22. The number of carbonyl (C=O) groups excluding carboxylic acids is 1. The van der Waals surface area contributed by atoms with Crippen molar-refractivity contribution in [2.45, 2.75) is 20.3 Å². The fourth-order valence-electron chi connectivity index (χ4n) is 1.49. The normalized spacial score (nSPS) is 10.5. The third-order valence-corrected chi connectivity index (χ3v) is 2.17. The molecule has 0 saturated heterocycles. The van der Waals surface area contributed by atoms with Gasteiger partial charge in [-0.1, -0.05) is 6.92 Å². The summed E-state index contributed by atoms with van der Waals surface area (Å²) in [6.45, 7) is 3.83. The quantitative estimate of drug-likeness (QED) is 0.752. The Morgan fingerprint density at radius 3 is 3.00 bits per heavy atom. The molecule has 2 rings (SSSR count). The van der Waals surface area contributed by atoms with Crippen LogP contribution in [0.15, 0.2) is 29.0 Å². The topological polar surface area (TPSA) is 48.0 Å². The van der Waals surface area contributed by atoms with Crippen molar-refractivity contribution >= 4 is 5.91 Å². The minimum atomic E-state index is -0.169. The number of furan rings is 1. The smallest absolute Gasteiger partial charge is 0.299 e. The van der Waals surface area contributed by atoms with Gasteiger partial charge in [0.25, 0.3) is 5.91 Å². The minimum Gasteiger partial charge on any atom is -0.459 e. The summed E-state index contributed by atoms with van der Waals surface area (Å²) < 4.78 is 6.60. The van der Waals surface area contributed by atoms with Crippen molar-refractivity contribution in [3.8, 4) is 0 Å². The molecule has 15 heavy (non-hydrogen) atoms. The van der Waals surface area contributed by atoms with Crippen LogP contribution in [-0.4, -0.2) is 15.5 Å². The highest BCUT2D eigenvalue weighted by molar-refractivity contribution is 5.93. The van der Waals surface area contributed by atoms with E-state index < -0.39 is 0 Å². The number of imidazole rings is 1. The summed E-state index contributed by atoms with van der Waals surface area (Å²) in [5, 5.41) is 0. The molecule has 0 radical (unpaired) electrons. The van der Waals surface area contributed by atoms with Crippen LogP contribution in [-0.2, 0) is 6.42 Å². The van der Waals surface area contributed by atoms with Crippen LogP contribution in [0, 0.1) is 6.92 Å². The Balaban J connectivity index is 2.41. The lowest BCUT2D eigenvalue weighted by molar-refractivity contribution is 0.0929. The lowest BCUT2D eigenvalue weighted by atomic mass is 10.4. The van der Waals surface area contributed by atoms with Crippen molar-refractivity contribution in [2.24, 2.45) is 0 Å². The highest BCUT2D eigenvalue weighted by Crippen LogP contribution is 2.09. The standard InChI is InChI=1S/C11H12N2O2/c1-3-10-12-8(2)7-13(10)11(14)9-5-4-6-15-9/h4-7H,3H2,1-2H3. The van der Waals surface area contributed by atoms with Gasteiger partial charge in [-0.3, -0.25) is 9.36 Å². The van der Waals surface area contributed by atoms with E-state index in [0.29, 0.717) is 5.76 Å². The Labute approximate surface area is 87.5 Å². The Hall–Kier alpha value is -1.84. The van der Waals surface area contributed by atoms with Gasteiger partial charge >= 0.3 is 0 Å². The molecule has 4 nitrogen and oxygen atoms in total. The fraction of sp³-hybridized carbons (Fsp3) is 0.273. The van der Waals surface area contributed by atoms with Gasteiger partial charge in [0.15, 0.2) is 5.76 Å². The zero-order valence-corrected chi connectivity index (χ0v) is 8.73. The number of carbonyl (C=O) groups is 1. The van der Waals surface area contributed by atoms with E-state index in [0.717, 1.165) is 17.9 Å². The Bertz CT molecular complexity index is 469. The highest BCUT2D eigenvalue weighted by atomic mass is 16.3. The number of hydrogen-bond acceptors (Lipinski definition) is 3. The number of aryl methyl sites for hydroxylation is 2. The fourth-order valence-corrected chi connectivity index (χ4v) is 1.49. The number of aromatic nitrogens is 2. The van der Waals surface area contributed by atoms with Gasteiger partial charge in [-0.2, -0.15) is 0 Å². The SMILES string of the molecule is CCc1nc(C)cn1C(=O)c1ccco1. The van der Waals surface area contributed by atoms with Crippen LogP contribution >= 0.6 is 0 Å². The second kappa shape index (κ2) is 3.73. The van der Waals surface area contributed by atoms with Gasteiger partial charge in [0.05, 0.1) is 12.0 Å². The van der Waals surface area contributed by atoms with E-state index >= 15 is 0 Å². The third-order valence-electron chi connectivity index (χ3n) is 2.17. The number of nitrogens with zero attached hydrogens (tertiary/aromatic N) is 2. The van der Waals surface area contributed by atoms with Crippen LogP contribution in [0.25, 0.3) is 0 Å². The molecule has 0 fully saturated rings. The molecule has 0 N–H and O–H groups in total. The Morgan fingerprint density at radius 1 is 1.60 bits per heavy atom. The van der Waals surface area contributed by atoms with Crippen molar-refractivity contribution in [1.29, 1.82) is 0 Å². The van der Waals surface area contributed by atoms with Gasteiger partial charge < -0.3 is 4.42 Å². The first-order valence-electron chi connectivity index (χ1n) is 4.85. The molecule has 0 aliphatic rings. The van der Waals surface area contributed by atoms with Crippen LogP contribution in [0.5, 0.6) is 0 Å². The van der Waals surface area contributed by atoms with Crippen molar-refractivity contribution < 1.29 is 9.21 Å². The number of hydrogen-bond donors (Lipinski definition) is 0. The van der Waals surface area contributed by atoms with Crippen LogP contribution in [0.2, 0.25) is 0 Å². The van der Waals surface area contributed by atoms with Crippen molar-refractivity contribution in [2.75, 3.05) is 0 Å². The lowest BCUT2D eigenvalue weighted by Crippen LogP contribution is -2.13. The first-order valence-corrected chi connectivity index (χ1v) is 4.85. The second-order valence-corrected chi connectivity index (χ2v) is 3.30. The van der Waals surface area contributed by atoms with Crippen molar-refractivity contribution in [1.82, 2.24) is 9.55 Å². The molecule has 2 aromatic rings. The molecular formula is C11H12N2O2. The first kappa shape index (κ1) is 9.71. The molecule has 0 atom stereocenters. The molecule has 0 bridgehead atoms. The maximum Gasteiger partial charge on any atom is 0.299 e. The Kier molecular flexibility index (Phi) is 2.41. The van der Waals surface area contributed by atoms with E-state index in [9.17, 15) is 4.79 Å². The third kappa shape index (κ3) is 1.70. The zero-order valence-electron chi connectivity index (χ0n) is 8.73. The highest BCUT2D eigenvalue weighted by Gasteiger charge is 2.15. The predicted molar refractivity (Wildman–Crippen MR) is 54.8 cm³/mol. The van der Waals surface area contributed by atoms with E-state index in [4.69, 9.17) is 4.42 Å². The van der Waals surface area contributed by atoms with E-state index in [1.165, 1.54) is 10.8 Å². The Morgan fingerprint density at radius 2 is 2.40 bits per heavy atom. The molecule has 2 heterocycles. The van der Waals surface area contributed by atoms with Crippen LogP contribution < -0.4 is 0 Å². The maximum absolute atomic E-state index is 11.9. The number of rotatable bonds is 2. The summed E-state index contributed by atoms with van der Waals surface area (Å²) in [5.41, 5.74) is 0.840. The molecule has 0 unspecified atom stereocenters. The van der Waals surface area contributed by atoms with Gasteiger partial charge in [-0.25, -0.2) is 4.98 Å². The molecule has 78 valence electrons. The molecule has 2 aromatic heterocycles. The molecule has 0 aliphatic heterocycles. The molecule has 0 aromatic carbocycles. The van der Waals surface area contributed by atoms with E-state index in [1.807, 2.05) is 13.8 Å². The molecule has 0 spiro atoms. The van der Waals surface area contributed by atoms with Crippen molar-refractivity contribution in [3.63, 3.8) is 0 Å². The van der Waals surface area contributed by atoms with Crippen LogP contribution in [0.3, 0.4) is 0 Å². The summed E-state index contributed by atoms with van der Waals surface area (Å²) in [7, 11) is 0. The van der Waals surface area contributed by atoms with E-state index in [-0.39, 0.29) is 5.91 Å². The summed E-state index contributed by atoms with van der Waals surface area (Å²) in [6.07, 6.45) is 3.94. The van der Waals surface area contributed by atoms with Gasteiger partial charge in [0.2, 0.25) is 0 Å². The summed E-state index contributed by atoms with van der Waals surface area (Å²) >= 11 is 0. The van der Waals surface area contributed by atoms with Gasteiger partial charge in [0.1, 0.15) is 5.82 Å². The zero-order chi connectivity index (χ0) is 10.8.